The van der Waals surface area contributed by atoms with E-state index in [9.17, 15) is 14.4 Å². The lowest BCUT2D eigenvalue weighted by molar-refractivity contribution is 0.628. The van der Waals surface area contributed by atoms with Gasteiger partial charge in [0.1, 0.15) is 11.9 Å². The van der Waals surface area contributed by atoms with E-state index in [-0.39, 0.29) is 21.8 Å². The van der Waals surface area contributed by atoms with Gasteiger partial charge in [-0.3, -0.25) is 4.79 Å². The number of hydrogen-bond donors (Lipinski definition) is 1. The van der Waals surface area contributed by atoms with Gasteiger partial charge in [-0.25, -0.2) is 14.4 Å². The lowest BCUT2D eigenvalue weighted by Crippen LogP contribution is -2.07. The number of aryl methyl sites for hydroxylation is 1. The van der Waals surface area contributed by atoms with Gasteiger partial charge in [-0.15, -0.1) is 0 Å². The van der Waals surface area contributed by atoms with Crippen LogP contribution in [-0.4, -0.2) is 15.0 Å². The van der Waals surface area contributed by atoms with Gasteiger partial charge in [0.15, 0.2) is 11.2 Å². The summed E-state index contributed by atoms with van der Waals surface area (Å²) in [7, 11) is 0. The first-order valence-electron chi connectivity index (χ1n) is 8.34. The van der Waals surface area contributed by atoms with E-state index in [4.69, 9.17) is 11.6 Å². The van der Waals surface area contributed by atoms with Crippen LogP contribution in [0.4, 0.5) is 4.39 Å². The minimum atomic E-state index is -0.371. The van der Waals surface area contributed by atoms with E-state index in [1.165, 1.54) is 24.4 Å². The number of aromatic nitrogens is 3. The lowest BCUT2D eigenvalue weighted by atomic mass is 10.00. The zero-order valence-electron chi connectivity index (χ0n) is 14.6. The molecule has 0 saturated heterocycles. The van der Waals surface area contributed by atoms with E-state index in [2.05, 4.69) is 21.0 Å². The van der Waals surface area contributed by atoms with Crippen molar-refractivity contribution in [2.75, 3.05) is 0 Å². The Morgan fingerprint density at radius 3 is 2.46 bits per heavy atom. The Balaban J connectivity index is 2.07. The zero-order valence-corrected chi connectivity index (χ0v) is 15.4. The predicted molar refractivity (Wildman–Crippen MR) is 105 cm³/mol. The fourth-order valence-electron chi connectivity index (χ4n) is 3.02. The summed E-state index contributed by atoms with van der Waals surface area (Å²) in [5, 5.41) is 9.54. The van der Waals surface area contributed by atoms with Crippen LogP contribution in [0.15, 0.2) is 53.5 Å². The molecule has 4 rings (SSSR count). The molecule has 0 amide bonds. The minimum absolute atomic E-state index is 0.182. The van der Waals surface area contributed by atoms with Gasteiger partial charge in [0.25, 0.3) is 0 Å². The summed E-state index contributed by atoms with van der Waals surface area (Å²) in [5.74, 6) is -0.371. The number of nitrogens with one attached hydrogen (secondary N) is 1. The highest BCUT2D eigenvalue weighted by Crippen LogP contribution is 2.33. The molecule has 0 aliphatic carbocycles. The summed E-state index contributed by atoms with van der Waals surface area (Å²) >= 11 is 6.27. The molecule has 0 unspecified atom stereocenters. The maximum absolute atomic E-state index is 13.4. The second kappa shape index (κ2) is 6.87. The van der Waals surface area contributed by atoms with Crippen LogP contribution in [0.2, 0.25) is 5.02 Å². The molecule has 0 bridgehead atoms. The predicted octanol–water partition coefficient (Wildman–Crippen LogP) is 4.62. The first-order valence-corrected chi connectivity index (χ1v) is 8.71. The summed E-state index contributed by atoms with van der Waals surface area (Å²) in [6.45, 7) is 1.77. The number of benzene rings is 2. The summed E-state index contributed by atoms with van der Waals surface area (Å²) < 4.78 is 13.4. The number of rotatable bonds is 2. The van der Waals surface area contributed by atoms with Gasteiger partial charge in [-0.1, -0.05) is 11.6 Å². The summed E-state index contributed by atoms with van der Waals surface area (Å²) in [4.78, 5) is 24.3. The van der Waals surface area contributed by atoms with Crippen molar-refractivity contribution in [3.8, 4) is 28.6 Å². The van der Waals surface area contributed by atoms with Crippen LogP contribution in [0.25, 0.3) is 33.7 Å². The number of H-pyrrole nitrogens is 1. The Bertz CT molecular complexity index is 1300. The third-order valence-electron chi connectivity index (χ3n) is 4.37. The molecule has 2 aromatic carbocycles. The third-order valence-corrected chi connectivity index (χ3v) is 4.67. The standard InChI is InChI=1S/C21H12ClFN4O/c1-11-8-13(9-16(22)15(11)10-24)19-18(12-2-4-14(23)5-3-12)27-21-20(26-19)17(28)6-7-25-21/h2-9H,1H3,(H,25,27,28). The van der Waals surface area contributed by atoms with Crippen LogP contribution in [0.5, 0.6) is 0 Å². The molecule has 0 atom stereocenters. The second-order valence-corrected chi connectivity index (χ2v) is 6.64. The molecule has 7 heteroatoms. The van der Waals surface area contributed by atoms with Crippen LogP contribution in [0.3, 0.4) is 0 Å². The average molecular weight is 391 g/mol. The molecule has 0 fully saturated rings. The molecule has 136 valence electrons. The normalized spacial score (nSPS) is 10.8. The molecule has 1 N–H and O–H groups in total. The number of nitrogens with zero attached hydrogens (tertiary/aromatic N) is 3. The molecule has 0 aliphatic rings. The van der Waals surface area contributed by atoms with Gasteiger partial charge in [-0.2, -0.15) is 5.26 Å². The topological polar surface area (TPSA) is 82.4 Å². The minimum Gasteiger partial charge on any atom is -0.345 e. The quantitative estimate of drug-likeness (QED) is 0.541. The Morgan fingerprint density at radius 2 is 1.79 bits per heavy atom. The highest BCUT2D eigenvalue weighted by atomic mass is 35.5. The summed E-state index contributed by atoms with van der Waals surface area (Å²) in [6.07, 6.45) is 1.50. The lowest BCUT2D eigenvalue weighted by Gasteiger charge is -2.12. The van der Waals surface area contributed by atoms with Gasteiger partial charge in [0.05, 0.1) is 22.0 Å². The maximum Gasteiger partial charge on any atom is 0.209 e. The molecule has 0 saturated carbocycles. The van der Waals surface area contributed by atoms with Crippen molar-refractivity contribution in [3.05, 3.63) is 80.9 Å². The van der Waals surface area contributed by atoms with Crippen LogP contribution >= 0.6 is 11.6 Å². The smallest absolute Gasteiger partial charge is 0.209 e. The molecular formula is C21H12ClFN4O. The maximum atomic E-state index is 13.4. The van der Waals surface area contributed by atoms with Gasteiger partial charge >= 0.3 is 0 Å². The molecule has 0 spiro atoms. The molecule has 5 nitrogen and oxygen atoms in total. The fourth-order valence-corrected chi connectivity index (χ4v) is 3.32. The number of nitriles is 1. The molecule has 4 aromatic rings. The number of hydrogen-bond acceptors (Lipinski definition) is 4. The first-order chi connectivity index (χ1) is 13.5. The summed E-state index contributed by atoms with van der Waals surface area (Å²) in [5.41, 5.74) is 3.42. The van der Waals surface area contributed by atoms with Crippen molar-refractivity contribution >= 4 is 22.8 Å². The van der Waals surface area contributed by atoms with E-state index >= 15 is 0 Å². The van der Waals surface area contributed by atoms with E-state index in [1.54, 1.807) is 31.2 Å². The van der Waals surface area contributed by atoms with E-state index < -0.39 is 0 Å². The van der Waals surface area contributed by atoms with Gasteiger partial charge < -0.3 is 4.98 Å². The molecule has 2 heterocycles. The molecular weight excluding hydrogens is 379 g/mol. The van der Waals surface area contributed by atoms with E-state index in [0.29, 0.717) is 39.3 Å². The van der Waals surface area contributed by atoms with Crippen molar-refractivity contribution in [2.45, 2.75) is 6.92 Å². The van der Waals surface area contributed by atoms with Gasteiger partial charge in [-0.05, 0) is 48.9 Å². The number of aromatic amines is 1. The SMILES string of the molecule is Cc1cc(-c2nc3c(=O)cc[nH]c3nc2-c2ccc(F)cc2)cc(Cl)c1C#N. The van der Waals surface area contributed by atoms with E-state index in [0.717, 1.165) is 0 Å². The Hall–Kier alpha value is -3.56. The van der Waals surface area contributed by atoms with Crippen molar-refractivity contribution in [3.63, 3.8) is 0 Å². The fraction of sp³-hybridized carbons (Fsp3) is 0.0476. The van der Waals surface area contributed by atoms with Crippen LogP contribution in [0, 0.1) is 24.1 Å². The Labute approximate surface area is 164 Å². The highest BCUT2D eigenvalue weighted by molar-refractivity contribution is 6.32. The molecule has 28 heavy (non-hydrogen) atoms. The molecule has 0 radical (unpaired) electrons. The Kier molecular flexibility index (Phi) is 4.38. The third kappa shape index (κ3) is 3.02. The van der Waals surface area contributed by atoms with Gasteiger partial charge in [0.2, 0.25) is 5.43 Å². The molecule has 0 aliphatic heterocycles. The highest BCUT2D eigenvalue weighted by Gasteiger charge is 2.17. The average Bonchev–Trinajstić information content (AvgIpc) is 2.68. The van der Waals surface area contributed by atoms with E-state index in [1.807, 2.05) is 0 Å². The van der Waals surface area contributed by atoms with Crippen molar-refractivity contribution in [1.82, 2.24) is 15.0 Å². The van der Waals surface area contributed by atoms with Gasteiger partial charge in [0, 0.05) is 23.4 Å². The largest absolute Gasteiger partial charge is 0.345 e. The van der Waals surface area contributed by atoms with Crippen LogP contribution < -0.4 is 5.43 Å². The second-order valence-electron chi connectivity index (χ2n) is 6.23. The summed E-state index contributed by atoms with van der Waals surface area (Å²) in [6, 6.07) is 12.7. The zero-order chi connectivity index (χ0) is 19.8. The first kappa shape index (κ1) is 17.8. The van der Waals surface area contributed by atoms with Crippen molar-refractivity contribution < 1.29 is 4.39 Å². The number of halogens is 2. The van der Waals surface area contributed by atoms with Crippen LogP contribution in [0.1, 0.15) is 11.1 Å². The van der Waals surface area contributed by atoms with Crippen LogP contribution in [-0.2, 0) is 0 Å². The van der Waals surface area contributed by atoms with Crippen molar-refractivity contribution in [2.24, 2.45) is 0 Å². The number of pyridine rings is 1. The monoisotopic (exact) mass is 390 g/mol. The van der Waals surface area contributed by atoms with Crippen molar-refractivity contribution in [1.29, 1.82) is 5.26 Å². The Morgan fingerprint density at radius 1 is 1.07 bits per heavy atom. The number of fused-ring (bicyclic) bond motifs is 1. The molecule has 2 aromatic heterocycles.